The van der Waals surface area contributed by atoms with Crippen LogP contribution in [0.1, 0.15) is 38.2 Å². The summed E-state index contributed by atoms with van der Waals surface area (Å²) >= 11 is 0. The van der Waals surface area contributed by atoms with E-state index in [0.29, 0.717) is 6.04 Å². The smallest absolute Gasteiger partial charge is 0.224 e. The first-order chi connectivity index (χ1) is 8.22. The lowest BCUT2D eigenvalue weighted by Crippen LogP contribution is -2.38. The number of rotatable bonds is 5. The monoisotopic (exact) mass is 234 g/mol. The first-order valence-corrected chi connectivity index (χ1v) is 6.52. The average Bonchev–Trinajstić information content (AvgIpc) is 2.25. The molecule has 0 atom stereocenters. The Kier molecular flexibility index (Phi) is 3.82. The van der Waals surface area contributed by atoms with E-state index in [1.807, 2.05) is 6.20 Å². The first kappa shape index (κ1) is 12.1. The van der Waals surface area contributed by atoms with Gasteiger partial charge < -0.3 is 10.2 Å². The third-order valence-corrected chi connectivity index (χ3v) is 3.43. The summed E-state index contributed by atoms with van der Waals surface area (Å²) in [5, 5.41) is 3.24. The molecular weight excluding hydrogens is 212 g/mol. The Morgan fingerprint density at radius 2 is 2.24 bits per heavy atom. The molecule has 1 aliphatic rings. The van der Waals surface area contributed by atoms with Crippen molar-refractivity contribution in [2.75, 3.05) is 23.8 Å². The molecule has 0 aliphatic heterocycles. The zero-order valence-corrected chi connectivity index (χ0v) is 11.0. The predicted octanol–water partition coefficient (Wildman–Crippen LogP) is 2.60. The largest absolute Gasteiger partial charge is 0.356 e. The summed E-state index contributed by atoms with van der Waals surface area (Å²) in [4.78, 5) is 11.2. The van der Waals surface area contributed by atoms with Crippen LogP contribution < -0.4 is 10.2 Å². The maximum Gasteiger partial charge on any atom is 0.224 e. The molecule has 1 aromatic heterocycles. The lowest BCUT2D eigenvalue weighted by Gasteiger charge is -2.36. The van der Waals surface area contributed by atoms with Crippen molar-refractivity contribution in [3.63, 3.8) is 0 Å². The molecule has 94 valence electrons. The van der Waals surface area contributed by atoms with Gasteiger partial charge in [-0.2, -0.15) is 4.98 Å². The summed E-state index contributed by atoms with van der Waals surface area (Å²) in [6.07, 6.45) is 6.93. The van der Waals surface area contributed by atoms with Crippen LogP contribution in [0.25, 0.3) is 0 Å². The van der Waals surface area contributed by atoms with Crippen LogP contribution in [0.15, 0.2) is 6.20 Å². The molecule has 0 amide bonds. The van der Waals surface area contributed by atoms with Crippen molar-refractivity contribution < 1.29 is 0 Å². The summed E-state index contributed by atoms with van der Waals surface area (Å²) in [7, 11) is 2.14. The van der Waals surface area contributed by atoms with Crippen LogP contribution in [0.5, 0.6) is 0 Å². The molecule has 0 saturated heterocycles. The van der Waals surface area contributed by atoms with Crippen LogP contribution in [0, 0.1) is 6.92 Å². The Balaban J connectivity index is 2.13. The molecule has 0 unspecified atom stereocenters. The van der Waals surface area contributed by atoms with Gasteiger partial charge in [0, 0.05) is 31.4 Å². The van der Waals surface area contributed by atoms with Gasteiger partial charge in [-0.3, -0.25) is 0 Å². The Bertz CT molecular complexity index is 374. The van der Waals surface area contributed by atoms with Gasteiger partial charge in [-0.25, -0.2) is 4.98 Å². The maximum absolute atomic E-state index is 4.62. The van der Waals surface area contributed by atoms with Crippen molar-refractivity contribution >= 4 is 11.8 Å². The van der Waals surface area contributed by atoms with Crippen molar-refractivity contribution in [2.45, 2.75) is 45.6 Å². The Hall–Kier alpha value is -1.32. The van der Waals surface area contributed by atoms with Crippen LogP contribution in [-0.4, -0.2) is 29.6 Å². The second kappa shape index (κ2) is 5.34. The van der Waals surface area contributed by atoms with E-state index in [1.54, 1.807) is 0 Å². The number of aromatic nitrogens is 2. The van der Waals surface area contributed by atoms with Crippen molar-refractivity contribution in [1.29, 1.82) is 0 Å². The molecule has 1 N–H and O–H groups in total. The fourth-order valence-electron chi connectivity index (χ4n) is 2.06. The van der Waals surface area contributed by atoms with E-state index >= 15 is 0 Å². The van der Waals surface area contributed by atoms with Crippen LogP contribution >= 0.6 is 0 Å². The minimum atomic E-state index is 0.669. The van der Waals surface area contributed by atoms with E-state index < -0.39 is 0 Å². The third-order valence-electron chi connectivity index (χ3n) is 3.43. The van der Waals surface area contributed by atoms with Gasteiger partial charge in [0.25, 0.3) is 0 Å². The summed E-state index contributed by atoms with van der Waals surface area (Å²) in [5.41, 5.74) is 1.15. The fraction of sp³-hybridized carbons (Fsp3) is 0.692. The SMILES string of the molecule is CCCNc1ncc(C)c(N(C)C2CCC2)n1. The van der Waals surface area contributed by atoms with Crippen LogP contribution in [0.2, 0.25) is 0 Å². The standard InChI is InChI=1S/C13H22N4/c1-4-8-14-13-15-9-10(2)12(16-13)17(3)11-6-5-7-11/h9,11H,4-8H2,1-3H3,(H,14,15,16). The molecule has 1 fully saturated rings. The normalized spacial score (nSPS) is 15.5. The maximum atomic E-state index is 4.62. The highest BCUT2D eigenvalue weighted by Crippen LogP contribution is 2.28. The Morgan fingerprint density at radius 1 is 1.47 bits per heavy atom. The van der Waals surface area contributed by atoms with Crippen LogP contribution in [-0.2, 0) is 0 Å². The van der Waals surface area contributed by atoms with Gasteiger partial charge in [-0.15, -0.1) is 0 Å². The summed E-state index contributed by atoms with van der Waals surface area (Å²) in [6, 6.07) is 0.669. The molecular formula is C13H22N4. The molecule has 2 rings (SSSR count). The van der Waals surface area contributed by atoms with Crippen molar-refractivity contribution in [3.05, 3.63) is 11.8 Å². The number of nitrogens with zero attached hydrogens (tertiary/aromatic N) is 3. The van der Waals surface area contributed by atoms with Crippen molar-refractivity contribution in [2.24, 2.45) is 0 Å². The van der Waals surface area contributed by atoms with Gasteiger partial charge in [0.2, 0.25) is 5.95 Å². The van der Waals surface area contributed by atoms with E-state index in [4.69, 9.17) is 0 Å². The van der Waals surface area contributed by atoms with Gasteiger partial charge in [0.05, 0.1) is 0 Å². The molecule has 1 aromatic rings. The molecule has 0 bridgehead atoms. The molecule has 1 heterocycles. The molecule has 1 aliphatic carbocycles. The Labute approximate surface area is 103 Å². The first-order valence-electron chi connectivity index (χ1n) is 6.52. The summed E-state index contributed by atoms with van der Waals surface area (Å²) in [6.45, 7) is 5.15. The number of anilines is 2. The number of nitrogens with one attached hydrogen (secondary N) is 1. The lowest BCUT2D eigenvalue weighted by molar-refractivity contribution is 0.399. The molecule has 17 heavy (non-hydrogen) atoms. The van der Waals surface area contributed by atoms with Gasteiger partial charge in [0.15, 0.2) is 0 Å². The van der Waals surface area contributed by atoms with E-state index in [2.05, 4.69) is 41.1 Å². The fourth-order valence-corrected chi connectivity index (χ4v) is 2.06. The van der Waals surface area contributed by atoms with E-state index in [0.717, 1.165) is 30.3 Å². The summed E-state index contributed by atoms with van der Waals surface area (Å²) in [5.74, 6) is 1.82. The van der Waals surface area contributed by atoms with Gasteiger partial charge in [-0.1, -0.05) is 6.92 Å². The summed E-state index contributed by atoms with van der Waals surface area (Å²) < 4.78 is 0. The van der Waals surface area contributed by atoms with Crippen LogP contribution in [0.3, 0.4) is 0 Å². The zero-order chi connectivity index (χ0) is 12.3. The third kappa shape index (κ3) is 2.68. The number of hydrogen-bond acceptors (Lipinski definition) is 4. The van der Waals surface area contributed by atoms with Gasteiger partial charge >= 0.3 is 0 Å². The predicted molar refractivity (Wildman–Crippen MR) is 71.6 cm³/mol. The van der Waals surface area contributed by atoms with Crippen LogP contribution in [0.4, 0.5) is 11.8 Å². The highest BCUT2D eigenvalue weighted by molar-refractivity contribution is 5.49. The van der Waals surface area contributed by atoms with Gasteiger partial charge in [-0.05, 0) is 32.6 Å². The molecule has 0 aromatic carbocycles. The second-order valence-corrected chi connectivity index (χ2v) is 4.82. The highest BCUT2D eigenvalue weighted by atomic mass is 15.2. The topological polar surface area (TPSA) is 41.1 Å². The molecule has 4 nitrogen and oxygen atoms in total. The molecule has 0 spiro atoms. The minimum Gasteiger partial charge on any atom is -0.356 e. The van der Waals surface area contributed by atoms with Crippen molar-refractivity contribution in [1.82, 2.24) is 9.97 Å². The number of hydrogen-bond donors (Lipinski definition) is 1. The average molecular weight is 234 g/mol. The molecule has 4 heteroatoms. The van der Waals surface area contributed by atoms with Gasteiger partial charge in [0.1, 0.15) is 5.82 Å². The lowest BCUT2D eigenvalue weighted by atomic mass is 9.92. The van der Waals surface area contributed by atoms with Crippen molar-refractivity contribution in [3.8, 4) is 0 Å². The zero-order valence-electron chi connectivity index (χ0n) is 11.0. The minimum absolute atomic E-state index is 0.669. The molecule has 1 saturated carbocycles. The van der Waals surface area contributed by atoms with E-state index in [1.165, 1.54) is 19.3 Å². The Morgan fingerprint density at radius 3 is 2.82 bits per heavy atom. The molecule has 0 radical (unpaired) electrons. The quantitative estimate of drug-likeness (QED) is 0.850. The van der Waals surface area contributed by atoms with E-state index in [-0.39, 0.29) is 0 Å². The van der Waals surface area contributed by atoms with E-state index in [9.17, 15) is 0 Å². The number of aryl methyl sites for hydroxylation is 1. The second-order valence-electron chi connectivity index (χ2n) is 4.82. The highest BCUT2D eigenvalue weighted by Gasteiger charge is 2.24.